The summed E-state index contributed by atoms with van der Waals surface area (Å²) in [5, 5.41) is 7.69. The van der Waals surface area contributed by atoms with Crippen molar-refractivity contribution in [2.75, 3.05) is 5.32 Å². The Kier molecular flexibility index (Phi) is 4.11. The van der Waals surface area contributed by atoms with E-state index in [1.807, 2.05) is 54.6 Å². The summed E-state index contributed by atoms with van der Waals surface area (Å²) in [6.45, 7) is 0. The molecule has 1 heterocycles. The van der Waals surface area contributed by atoms with Crippen molar-refractivity contribution in [3.63, 3.8) is 0 Å². The molecule has 0 fully saturated rings. The van der Waals surface area contributed by atoms with Gasteiger partial charge in [0.05, 0.1) is 5.69 Å². The SMILES string of the molecule is O=C(Nc1ccccc1Sc1ccccc1)c1cc(=O)[nH][nH]1. The van der Waals surface area contributed by atoms with E-state index in [0.29, 0.717) is 5.69 Å². The normalized spacial score (nSPS) is 10.4. The van der Waals surface area contributed by atoms with Crippen molar-refractivity contribution in [2.45, 2.75) is 9.79 Å². The lowest BCUT2D eigenvalue weighted by Gasteiger charge is -2.10. The average Bonchev–Trinajstić information content (AvgIpc) is 2.97. The molecule has 5 nitrogen and oxygen atoms in total. The molecule has 3 aromatic rings. The van der Waals surface area contributed by atoms with Crippen LogP contribution < -0.4 is 10.9 Å². The molecular formula is C16H13N3O2S. The topological polar surface area (TPSA) is 77.8 Å². The number of aromatic nitrogens is 2. The van der Waals surface area contributed by atoms with Crippen LogP contribution in [0.3, 0.4) is 0 Å². The Balaban J connectivity index is 1.82. The van der Waals surface area contributed by atoms with Crippen LogP contribution in [0.4, 0.5) is 5.69 Å². The van der Waals surface area contributed by atoms with Crippen LogP contribution in [0.2, 0.25) is 0 Å². The first-order chi connectivity index (χ1) is 10.7. The zero-order valence-electron chi connectivity index (χ0n) is 11.5. The summed E-state index contributed by atoms with van der Waals surface area (Å²) in [5.41, 5.74) is 0.560. The largest absolute Gasteiger partial charge is 0.320 e. The highest BCUT2D eigenvalue weighted by molar-refractivity contribution is 7.99. The van der Waals surface area contributed by atoms with Gasteiger partial charge in [0, 0.05) is 15.9 Å². The molecule has 0 saturated heterocycles. The van der Waals surface area contributed by atoms with E-state index in [1.54, 1.807) is 11.8 Å². The van der Waals surface area contributed by atoms with E-state index in [0.717, 1.165) is 9.79 Å². The predicted molar refractivity (Wildman–Crippen MR) is 86.4 cm³/mol. The number of hydrogen-bond donors (Lipinski definition) is 3. The van der Waals surface area contributed by atoms with Gasteiger partial charge >= 0.3 is 0 Å². The summed E-state index contributed by atoms with van der Waals surface area (Å²) < 4.78 is 0. The highest BCUT2D eigenvalue weighted by atomic mass is 32.2. The van der Waals surface area contributed by atoms with Gasteiger partial charge in [0.1, 0.15) is 5.69 Å². The van der Waals surface area contributed by atoms with Crippen molar-refractivity contribution in [3.8, 4) is 0 Å². The predicted octanol–water partition coefficient (Wildman–Crippen LogP) is 3.11. The minimum Gasteiger partial charge on any atom is -0.320 e. The number of H-pyrrole nitrogens is 2. The highest BCUT2D eigenvalue weighted by Gasteiger charge is 2.11. The first-order valence-corrected chi connectivity index (χ1v) is 7.45. The van der Waals surface area contributed by atoms with E-state index in [4.69, 9.17) is 0 Å². The molecule has 0 aliphatic carbocycles. The quantitative estimate of drug-likeness (QED) is 0.693. The van der Waals surface area contributed by atoms with Gasteiger partial charge in [-0.1, -0.05) is 42.1 Å². The van der Waals surface area contributed by atoms with Gasteiger partial charge in [-0.3, -0.25) is 19.8 Å². The molecule has 1 amide bonds. The number of aromatic amines is 2. The van der Waals surface area contributed by atoms with Crippen molar-refractivity contribution < 1.29 is 4.79 Å². The van der Waals surface area contributed by atoms with Crippen molar-refractivity contribution in [2.24, 2.45) is 0 Å². The van der Waals surface area contributed by atoms with E-state index in [2.05, 4.69) is 15.5 Å². The third kappa shape index (κ3) is 3.29. The number of carbonyl (C=O) groups excluding carboxylic acids is 1. The second-order valence-electron chi connectivity index (χ2n) is 4.54. The van der Waals surface area contributed by atoms with Gasteiger partial charge in [-0.25, -0.2) is 0 Å². The molecule has 0 saturated carbocycles. The van der Waals surface area contributed by atoms with Crippen molar-refractivity contribution >= 4 is 23.4 Å². The smallest absolute Gasteiger partial charge is 0.273 e. The summed E-state index contributed by atoms with van der Waals surface area (Å²) >= 11 is 1.56. The third-order valence-electron chi connectivity index (χ3n) is 2.95. The van der Waals surface area contributed by atoms with Gasteiger partial charge in [-0.2, -0.15) is 0 Å². The molecule has 0 radical (unpaired) electrons. The maximum absolute atomic E-state index is 12.1. The zero-order chi connectivity index (χ0) is 15.4. The summed E-state index contributed by atoms with van der Waals surface area (Å²) in [7, 11) is 0. The minimum atomic E-state index is -0.362. The molecule has 6 heteroatoms. The molecule has 1 aromatic heterocycles. The van der Waals surface area contributed by atoms with Crippen LogP contribution in [0.15, 0.2) is 75.2 Å². The second-order valence-corrected chi connectivity index (χ2v) is 5.65. The van der Waals surface area contributed by atoms with E-state index >= 15 is 0 Å². The molecule has 0 aliphatic rings. The molecule has 0 spiro atoms. The number of nitrogens with one attached hydrogen (secondary N) is 3. The minimum absolute atomic E-state index is 0.199. The molecule has 0 atom stereocenters. The summed E-state index contributed by atoms with van der Waals surface area (Å²) in [4.78, 5) is 25.2. The Morgan fingerprint density at radius 1 is 0.955 bits per heavy atom. The molecule has 110 valence electrons. The Bertz CT molecular complexity index is 840. The number of para-hydroxylation sites is 1. The Morgan fingerprint density at radius 2 is 1.68 bits per heavy atom. The molecule has 22 heavy (non-hydrogen) atoms. The van der Waals surface area contributed by atoms with Gasteiger partial charge in [-0.15, -0.1) is 0 Å². The lowest BCUT2D eigenvalue weighted by molar-refractivity contribution is 0.102. The fraction of sp³-hybridized carbons (Fsp3) is 0. The Morgan fingerprint density at radius 3 is 2.41 bits per heavy atom. The summed E-state index contributed by atoms with van der Waals surface area (Å²) in [6, 6.07) is 18.7. The molecule has 0 bridgehead atoms. The number of hydrogen-bond acceptors (Lipinski definition) is 3. The molecule has 2 aromatic carbocycles. The Hall–Kier alpha value is -2.73. The second kappa shape index (κ2) is 6.36. The number of rotatable bonds is 4. The zero-order valence-corrected chi connectivity index (χ0v) is 12.3. The van der Waals surface area contributed by atoms with Crippen molar-refractivity contribution in [3.05, 3.63) is 76.7 Å². The number of carbonyl (C=O) groups is 1. The van der Waals surface area contributed by atoms with Crippen molar-refractivity contribution in [1.29, 1.82) is 0 Å². The summed E-state index contributed by atoms with van der Waals surface area (Å²) in [6.07, 6.45) is 0. The van der Waals surface area contributed by atoms with Crippen LogP contribution >= 0.6 is 11.8 Å². The van der Waals surface area contributed by atoms with Crippen LogP contribution in [-0.4, -0.2) is 16.1 Å². The third-order valence-corrected chi connectivity index (χ3v) is 4.03. The standard InChI is InChI=1S/C16H13N3O2S/c20-15-10-13(18-19-15)16(21)17-12-8-4-5-9-14(12)22-11-6-2-1-3-7-11/h1-10H,(H,17,21)(H2,18,19,20). The van der Waals surface area contributed by atoms with Crippen LogP contribution in [0, 0.1) is 0 Å². The van der Waals surface area contributed by atoms with Gasteiger partial charge in [0.25, 0.3) is 11.5 Å². The van der Waals surface area contributed by atoms with Gasteiger partial charge in [0.15, 0.2) is 0 Å². The first-order valence-electron chi connectivity index (χ1n) is 6.63. The van der Waals surface area contributed by atoms with E-state index in [1.165, 1.54) is 6.07 Å². The molecule has 0 aliphatic heterocycles. The van der Waals surface area contributed by atoms with Gasteiger partial charge in [-0.05, 0) is 24.3 Å². The van der Waals surface area contributed by atoms with Crippen LogP contribution in [0.25, 0.3) is 0 Å². The van der Waals surface area contributed by atoms with Crippen LogP contribution in [0.1, 0.15) is 10.5 Å². The molecule has 3 rings (SSSR count). The van der Waals surface area contributed by atoms with E-state index < -0.39 is 0 Å². The maximum atomic E-state index is 12.1. The molecule has 3 N–H and O–H groups in total. The lowest BCUT2D eigenvalue weighted by Crippen LogP contribution is -2.13. The first kappa shape index (κ1) is 14.2. The van der Waals surface area contributed by atoms with Gasteiger partial charge in [0.2, 0.25) is 0 Å². The molecular weight excluding hydrogens is 298 g/mol. The van der Waals surface area contributed by atoms with E-state index in [9.17, 15) is 9.59 Å². The molecule has 0 unspecified atom stereocenters. The monoisotopic (exact) mass is 311 g/mol. The Labute approximate surface area is 130 Å². The average molecular weight is 311 g/mol. The van der Waals surface area contributed by atoms with Crippen molar-refractivity contribution in [1.82, 2.24) is 10.2 Å². The van der Waals surface area contributed by atoms with Crippen LogP contribution in [0.5, 0.6) is 0 Å². The number of benzene rings is 2. The van der Waals surface area contributed by atoms with Crippen LogP contribution in [-0.2, 0) is 0 Å². The fourth-order valence-electron chi connectivity index (χ4n) is 1.92. The fourth-order valence-corrected chi connectivity index (χ4v) is 2.84. The number of anilines is 1. The maximum Gasteiger partial charge on any atom is 0.273 e. The lowest BCUT2D eigenvalue weighted by atomic mass is 10.3. The summed E-state index contributed by atoms with van der Waals surface area (Å²) in [5.74, 6) is -0.362. The van der Waals surface area contributed by atoms with E-state index in [-0.39, 0.29) is 17.2 Å². The number of amides is 1. The van der Waals surface area contributed by atoms with Gasteiger partial charge < -0.3 is 5.32 Å². The highest BCUT2D eigenvalue weighted by Crippen LogP contribution is 2.33.